The second-order valence-electron chi connectivity index (χ2n) is 4.71. The topological polar surface area (TPSA) is 55.6 Å². The standard InChI is InChI=1S/C14H13BrN2O3/c1-8-6-17(14(18)13-9(2)19-7-16-13)11-5-10(15)3-4-12(11)20-8/h3-5,7-8H,6H2,1-2H3. The second-order valence-corrected chi connectivity index (χ2v) is 5.63. The Hall–Kier alpha value is -1.82. The number of amides is 1. The fraction of sp³-hybridized carbons (Fsp3) is 0.286. The summed E-state index contributed by atoms with van der Waals surface area (Å²) in [6, 6.07) is 5.61. The third kappa shape index (κ3) is 2.20. The number of carbonyl (C=O) groups excluding carboxylic acids is 1. The van der Waals surface area contributed by atoms with E-state index >= 15 is 0 Å². The van der Waals surface area contributed by atoms with Crippen LogP contribution in [0.3, 0.4) is 0 Å². The highest BCUT2D eigenvalue weighted by Crippen LogP contribution is 2.36. The van der Waals surface area contributed by atoms with Crippen molar-refractivity contribution in [1.29, 1.82) is 0 Å². The van der Waals surface area contributed by atoms with Crippen LogP contribution in [-0.4, -0.2) is 23.5 Å². The lowest BCUT2D eigenvalue weighted by Gasteiger charge is -2.33. The molecule has 1 amide bonds. The Morgan fingerprint density at radius 2 is 2.30 bits per heavy atom. The number of oxazole rings is 1. The van der Waals surface area contributed by atoms with Crippen molar-refractivity contribution in [1.82, 2.24) is 4.98 Å². The van der Waals surface area contributed by atoms with Crippen LogP contribution >= 0.6 is 15.9 Å². The maximum atomic E-state index is 12.6. The minimum Gasteiger partial charge on any atom is -0.487 e. The van der Waals surface area contributed by atoms with Gasteiger partial charge in [-0.2, -0.15) is 0 Å². The first-order valence-electron chi connectivity index (χ1n) is 6.24. The van der Waals surface area contributed by atoms with E-state index in [1.54, 1.807) is 11.8 Å². The van der Waals surface area contributed by atoms with Gasteiger partial charge in [0.25, 0.3) is 5.91 Å². The van der Waals surface area contributed by atoms with Crippen LogP contribution in [0.25, 0.3) is 0 Å². The van der Waals surface area contributed by atoms with Gasteiger partial charge in [0.2, 0.25) is 0 Å². The molecule has 3 rings (SSSR count). The van der Waals surface area contributed by atoms with E-state index in [1.165, 1.54) is 6.39 Å². The van der Waals surface area contributed by atoms with E-state index in [4.69, 9.17) is 9.15 Å². The summed E-state index contributed by atoms with van der Waals surface area (Å²) in [6.45, 7) is 4.14. The van der Waals surface area contributed by atoms with Gasteiger partial charge in [-0.25, -0.2) is 4.98 Å². The molecule has 1 aromatic heterocycles. The predicted molar refractivity (Wildman–Crippen MR) is 77.1 cm³/mol. The second kappa shape index (κ2) is 4.94. The van der Waals surface area contributed by atoms with Crippen LogP contribution in [0, 0.1) is 6.92 Å². The third-order valence-electron chi connectivity index (χ3n) is 3.17. The molecule has 5 nitrogen and oxygen atoms in total. The van der Waals surface area contributed by atoms with Gasteiger partial charge in [0.1, 0.15) is 17.6 Å². The molecule has 2 aromatic rings. The van der Waals surface area contributed by atoms with E-state index in [2.05, 4.69) is 20.9 Å². The van der Waals surface area contributed by atoms with Crippen molar-refractivity contribution in [3.05, 3.63) is 40.5 Å². The van der Waals surface area contributed by atoms with Crippen molar-refractivity contribution in [2.24, 2.45) is 0 Å². The van der Waals surface area contributed by atoms with E-state index in [0.717, 1.165) is 10.2 Å². The number of hydrogen-bond donors (Lipinski definition) is 0. The summed E-state index contributed by atoms with van der Waals surface area (Å²) >= 11 is 3.42. The highest BCUT2D eigenvalue weighted by Gasteiger charge is 2.30. The summed E-state index contributed by atoms with van der Waals surface area (Å²) in [6.07, 6.45) is 1.22. The van der Waals surface area contributed by atoms with E-state index in [0.29, 0.717) is 23.7 Å². The molecule has 0 aliphatic carbocycles. The molecule has 104 valence electrons. The zero-order valence-corrected chi connectivity index (χ0v) is 12.7. The summed E-state index contributed by atoms with van der Waals surface area (Å²) in [7, 11) is 0. The summed E-state index contributed by atoms with van der Waals surface area (Å²) < 4.78 is 11.8. The summed E-state index contributed by atoms with van der Waals surface area (Å²) in [5, 5.41) is 0. The summed E-state index contributed by atoms with van der Waals surface area (Å²) in [4.78, 5) is 18.3. The number of nitrogens with zero attached hydrogens (tertiary/aromatic N) is 2. The number of carbonyl (C=O) groups is 1. The Morgan fingerprint density at radius 3 is 3.00 bits per heavy atom. The molecule has 6 heteroatoms. The average Bonchev–Trinajstić information content (AvgIpc) is 2.84. The molecule has 1 atom stereocenters. The smallest absolute Gasteiger partial charge is 0.280 e. The zero-order valence-electron chi connectivity index (χ0n) is 11.1. The fourth-order valence-corrected chi connectivity index (χ4v) is 2.59. The van der Waals surface area contributed by atoms with Gasteiger partial charge >= 0.3 is 0 Å². The molecule has 0 radical (unpaired) electrons. The molecule has 0 fully saturated rings. The van der Waals surface area contributed by atoms with Crippen LogP contribution in [0.15, 0.2) is 33.5 Å². The molecule has 0 N–H and O–H groups in total. The number of benzene rings is 1. The molecule has 0 bridgehead atoms. The van der Waals surface area contributed by atoms with E-state index in [1.807, 2.05) is 25.1 Å². The lowest BCUT2D eigenvalue weighted by atomic mass is 10.1. The van der Waals surface area contributed by atoms with Crippen LogP contribution in [0.2, 0.25) is 0 Å². The average molecular weight is 337 g/mol. The van der Waals surface area contributed by atoms with Crippen molar-refractivity contribution >= 4 is 27.5 Å². The zero-order chi connectivity index (χ0) is 14.3. The fourth-order valence-electron chi connectivity index (χ4n) is 2.24. The Kier molecular flexibility index (Phi) is 3.25. The van der Waals surface area contributed by atoms with Gasteiger partial charge < -0.3 is 9.15 Å². The molecule has 20 heavy (non-hydrogen) atoms. The SMILES string of the molecule is Cc1ocnc1C(=O)N1CC(C)Oc2ccc(Br)cc21. The number of anilines is 1. The van der Waals surface area contributed by atoms with Crippen molar-refractivity contribution in [2.75, 3.05) is 11.4 Å². The number of rotatable bonds is 1. The Balaban J connectivity index is 2.04. The van der Waals surface area contributed by atoms with Crippen LogP contribution < -0.4 is 9.64 Å². The summed E-state index contributed by atoms with van der Waals surface area (Å²) in [5.41, 5.74) is 1.08. The largest absolute Gasteiger partial charge is 0.487 e. The lowest BCUT2D eigenvalue weighted by Crippen LogP contribution is -2.42. The first-order valence-corrected chi connectivity index (χ1v) is 7.03. The maximum Gasteiger partial charge on any atom is 0.280 e. The van der Waals surface area contributed by atoms with Crippen LogP contribution in [-0.2, 0) is 0 Å². The van der Waals surface area contributed by atoms with Gasteiger partial charge in [-0.15, -0.1) is 0 Å². The quantitative estimate of drug-likeness (QED) is 0.802. The van der Waals surface area contributed by atoms with E-state index in [9.17, 15) is 4.79 Å². The minimum atomic E-state index is -0.175. The molecule has 0 saturated heterocycles. The molecule has 1 aromatic carbocycles. The van der Waals surface area contributed by atoms with Crippen molar-refractivity contribution in [2.45, 2.75) is 20.0 Å². The number of fused-ring (bicyclic) bond motifs is 1. The molecule has 1 aliphatic rings. The number of hydrogen-bond acceptors (Lipinski definition) is 4. The predicted octanol–water partition coefficient (Wildman–Crippen LogP) is 3.17. The molecular weight excluding hydrogens is 324 g/mol. The van der Waals surface area contributed by atoms with Crippen LogP contribution in [0.4, 0.5) is 5.69 Å². The highest BCUT2D eigenvalue weighted by atomic mass is 79.9. The molecule has 0 spiro atoms. The van der Waals surface area contributed by atoms with E-state index in [-0.39, 0.29) is 12.0 Å². The minimum absolute atomic E-state index is 0.0696. The first kappa shape index (κ1) is 13.2. The van der Waals surface area contributed by atoms with Crippen molar-refractivity contribution in [3.63, 3.8) is 0 Å². The molecule has 2 heterocycles. The van der Waals surface area contributed by atoms with Crippen LogP contribution in [0.1, 0.15) is 23.2 Å². The van der Waals surface area contributed by atoms with Gasteiger partial charge in [-0.1, -0.05) is 15.9 Å². The van der Waals surface area contributed by atoms with Gasteiger partial charge in [-0.3, -0.25) is 9.69 Å². The van der Waals surface area contributed by atoms with Crippen molar-refractivity contribution < 1.29 is 13.9 Å². The van der Waals surface area contributed by atoms with Crippen LogP contribution in [0.5, 0.6) is 5.75 Å². The van der Waals surface area contributed by atoms with Gasteiger partial charge in [0.15, 0.2) is 12.1 Å². The first-order chi connectivity index (χ1) is 9.56. The van der Waals surface area contributed by atoms with Gasteiger partial charge in [0, 0.05) is 4.47 Å². The Bertz CT molecular complexity index is 668. The third-order valence-corrected chi connectivity index (χ3v) is 3.67. The molecule has 0 saturated carbocycles. The van der Waals surface area contributed by atoms with Crippen molar-refractivity contribution in [3.8, 4) is 5.75 Å². The normalized spacial score (nSPS) is 17.6. The van der Waals surface area contributed by atoms with Gasteiger partial charge in [0.05, 0.1) is 12.2 Å². The Morgan fingerprint density at radius 1 is 1.50 bits per heavy atom. The maximum absolute atomic E-state index is 12.6. The molecular formula is C14H13BrN2O3. The molecule has 1 aliphatic heterocycles. The Labute approximate surface area is 124 Å². The highest BCUT2D eigenvalue weighted by molar-refractivity contribution is 9.10. The lowest BCUT2D eigenvalue weighted by molar-refractivity contribution is 0.0955. The number of halogens is 1. The summed E-state index contributed by atoms with van der Waals surface area (Å²) in [5.74, 6) is 1.04. The monoisotopic (exact) mass is 336 g/mol. The number of aryl methyl sites for hydroxylation is 1. The van der Waals surface area contributed by atoms with Gasteiger partial charge in [-0.05, 0) is 32.0 Å². The number of ether oxygens (including phenoxy) is 1. The van der Waals surface area contributed by atoms with E-state index < -0.39 is 0 Å². The number of aromatic nitrogens is 1. The molecule has 1 unspecified atom stereocenters.